The Labute approximate surface area is 198 Å². The maximum atomic E-state index is 14.9. The molecule has 0 bridgehead atoms. The van der Waals surface area contributed by atoms with Crippen molar-refractivity contribution in [2.24, 2.45) is 17.8 Å². The van der Waals surface area contributed by atoms with Gasteiger partial charge in [-0.3, -0.25) is 0 Å². The van der Waals surface area contributed by atoms with Gasteiger partial charge in [-0.15, -0.1) is 0 Å². The summed E-state index contributed by atoms with van der Waals surface area (Å²) >= 11 is 0. The lowest BCUT2D eigenvalue weighted by atomic mass is 9.63. The number of hydrogen-bond acceptors (Lipinski definition) is 1. The molecule has 2 aliphatic rings. The van der Waals surface area contributed by atoms with Crippen LogP contribution in [0.15, 0.2) is 36.4 Å². The Hall–Kier alpha value is -1.90. The largest absolute Gasteiger partial charge is 0.486 e. The Balaban J connectivity index is 1.41. The highest BCUT2D eigenvalue weighted by Crippen LogP contribution is 2.48. The SMILES string of the molecule is C/C=C/COc1cc2ccc([C@@H]3CC[C@@H]4CC(CCCCCC)CCC4C3)cc2c(F)c1F. The third kappa shape index (κ3) is 5.78. The van der Waals surface area contributed by atoms with E-state index < -0.39 is 11.6 Å². The van der Waals surface area contributed by atoms with Crippen molar-refractivity contribution in [3.05, 3.63) is 53.6 Å². The van der Waals surface area contributed by atoms with Gasteiger partial charge in [0.05, 0.1) is 0 Å². The summed E-state index contributed by atoms with van der Waals surface area (Å²) in [4.78, 5) is 0. The maximum absolute atomic E-state index is 14.9. The van der Waals surface area contributed by atoms with E-state index >= 15 is 0 Å². The molecule has 33 heavy (non-hydrogen) atoms. The number of fused-ring (bicyclic) bond motifs is 2. The quantitative estimate of drug-likeness (QED) is 0.271. The summed E-state index contributed by atoms with van der Waals surface area (Å²) in [6, 6.07) is 7.59. The van der Waals surface area contributed by atoms with E-state index in [9.17, 15) is 8.78 Å². The lowest BCUT2D eigenvalue weighted by Crippen LogP contribution is -2.30. The van der Waals surface area contributed by atoms with Crippen molar-refractivity contribution in [2.45, 2.75) is 90.4 Å². The van der Waals surface area contributed by atoms with Crippen LogP contribution in [0.5, 0.6) is 5.75 Å². The van der Waals surface area contributed by atoms with Crippen molar-refractivity contribution in [1.29, 1.82) is 0 Å². The first-order valence-corrected chi connectivity index (χ1v) is 13.3. The molecule has 0 aliphatic heterocycles. The fourth-order valence-electron chi connectivity index (χ4n) is 6.32. The van der Waals surface area contributed by atoms with E-state index in [0.29, 0.717) is 16.7 Å². The lowest BCUT2D eigenvalue weighted by molar-refractivity contribution is 0.113. The van der Waals surface area contributed by atoms with E-state index in [1.165, 1.54) is 76.2 Å². The second kappa shape index (κ2) is 11.5. The Bertz CT molecular complexity index is 950. The Morgan fingerprint density at radius 3 is 2.58 bits per heavy atom. The van der Waals surface area contributed by atoms with Crippen LogP contribution in [0, 0.1) is 29.4 Å². The first kappa shape index (κ1) is 24.2. The molecule has 180 valence electrons. The topological polar surface area (TPSA) is 9.23 Å². The molecule has 4 atom stereocenters. The number of unbranched alkanes of at least 4 members (excludes halogenated alkanes) is 3. The van der Waals surface area contributed by atoms with Crippen molar-refractivity contribution in [3.8, 4) is 5.75 Å². The van der Waals surface area contributed by atoms with E-state index in [-0.39, 0.29) is 12.4 Å². The zero-order valence-electron chi connectivity index (χ0n) is 20.4. The molecule has 0 aromatic heterocycles. The van der Waals surface area contributed by atoms with E-state index in [2.05, 4.69) is 13.0 Å². The molecule has 4 rings (SSSR count). The predicted octanol–water partition coefficient (Wildman–Crippen LogP) is 9.34. The summed E-state index contributed by atoms with van der Waals surface area (Å²) in [5.74, 6) is 1.38. The van der Waals surface area contributed by atoms with Gasteiger partial charge in [-0.25, -0.2) is 4.39 Å². The third-order valence-electron chi connectivity index (χ3n) is 8.24. The number of hydrogen-bond donors (Lipinski definition) is 0. The first-order chi connectivity index (χ1) is 16.1. The van der Waals surface area contributed by atoms with Crippen LogP contribution in [0.25, 0.3) is 10.8 Å². The minimum absolute atomic E-state index is 0.0159. The maximum Gasteiger partial charge on any atom is 0.201 e. The van der Waals surface area contributed by atoms with Crippen LogP contribution in [-0.2, 0) is 0 Å². The van der Waals surface area contributed by atoms with Crippen molar-refractivity contribution < 1.29 is 13.5 Å². The van der Waals surface area contributed by atoms with Gasteiger partial charge in [0.15, 0.2) is 11.6 Å². The minimum Gasteiger partial charge on any atom is -0.486 e. The molecule has 2 aromatic carbocycles. The fraction of sp³-hybridized carbons (Fsp3) is 0.600. The molecule has 0 N–H and O–H groups in total. The number of ether oxygens (including phenoxy) is 1. The van der Waals surface area contributed by atoms with Crippen molar-refractivity contribution in [3.63, 3.8) is 0 Å². The van der Waals surface area contributed by atoms with E-state index in [4.69, 9.17) is 4.74 Å². The molecule has 2 unspecified atom stereocenters. The van der Waals surface area contributed by atoms with Gasteiger partial charge in [0, 0.05) is 5.39 Å². The van der Waals surface area contributed by atoms with Gasteiger partial charge >= 0.3 is 0 Å². The summed E-state index contributed by atoms with van der Waals surface area (Å²) in [6.45, 7) is 4.39. The van der Waals surface area contributed by atoms with Gasteiger partial charge in [0.2, 0.25) is 5.82 Å². The Morgan fingerprint density at radius 2 is 1.76 bits per heavy atom. The van der Waals surface area contributed by atoms with E-state index in [0.717, 1.165) is 17.8 Å². The molecule has 1 nitrogen and oxygen atoms in total. The smallest absolute Gasteiger partial charge is 0.201 e. The van der Waals surface area contributed by atoms with Crippen molar-refractivity contribution >= 4 is 10.8 Å². The highest BCUT2D eigenvalue weighted by atomic mass is 19.2. The predicted molar refractivity (Wildman–Crippen MR) is 134 cm³/mol. The van der Waals surface area contributed by atoms with Gasteiger partial charge < -0.3 is 4.74 Å². The van der Waals surface area contributed by atoms with Crippen LogP contribution >= 0.6 is 0 Å². The van der Waals surface area contributed by atoms with E-state index in [1.807, 2.05) is 25.1 Å². The summed E-state index contributed by atoms with van der Waals surface area (Å²) in [5.41, 5.74) is 1.17. The van der Waals surface area contributed by atoms with Crippen molar-refractivity contribution in [2.75, 3.05) is 6.61 Å². The molecule has 0 heterocycles. The second-order valence-corrected chi connectivity index (χ2v) is 10.4. The zero-order valence-corrected chi connectivity index (χ0v) is 20.4. The molecule has 2 aliphatic carbocycles. The highest BCUT2D eigenvalue weighted by molar-refractivity contribution is 5.85. The number of benzene rings is 2. The summed E-state index contributed by atoms with van der Waals surface area (Å²) in [7, 11) is 0. The molecule has 3 heteroatoms. The summed E-state index contributed by atoms with van der Waals surface area (Å²) < 4.78 is 34.9. The molecule has 0 spiro atoms. The molecule has 0 saturated heterocycles. The van der Waals surface area contributed by atoms with Crippen LogP contribution < -0.4 is 4.74 Å². The highest BCUT2D eigenvalue weighted by Gasteiger charge is 2.35. The van der Waals surface area contributed by atoms with E-state index in [1.54, 1.807) is 12.1 Å². The normalized spacial score (nSPS) is 25.5. The number of rotatable bonds is 9. The second-order valence-electron chi connectivity index (χ2n) is 10.4. The number of allylic oxidation sites excluding steroid dienone is 1. The molecule has 0 amide bonds. The molecular formula is C30H40F2O. The molecular weight excluding hydrogens is 414 g/mol. The summed E-state index contributed by atoms with van der Waals surface area (Å²) in [6.07, 6.45) is 18.3. The Kier molecular flexibility index (Phi) is 8.44. The monoisotopic (exact) mass is 454 g/mol. The standard InChI is InChI=1S/C30H40F2O/c1-3-5-7-8-9-21-10-11-23-18-24(13-12-22(23)17-21)25-14-15-26-20-28(33-16-6-4-2)30(32)29(31)27(26)19-25/h4,6,14-15,19-24H,3,5,7-13,16-18H2,1-2H3/b6-4+/t21?,22-,23?,24-/m1/s1. The van der Waals surface area contributed by atoms with Gasteiger partial charge in [-0.1, -0.05) is 69.7 Å². The molecule has 2 fully saturated rings. The van der Waals surface area contributed by atoms with Gasteiger partial charge in [-0.05, 0) is 85.8 Å². The van der Waals surface area contributed by atoms with Crippen LogP contribution in [-0.4, -0.2) is 6.61 Å². The number of halogens is 2. The van der Waals surface area contributed by atoms with Gasteiger partial charge in [-0.2, -0.15) is 4.39 Å². The van der Waals surface area contributed by atoms with Crippen LogP contribution in [0.3, 0.4) is 0 Å². The van der Waals surface area contributed by atoms with Gasteiger partial charge in [0.25, 0.3) is 0 Å². The Morgan fingerprint density at radius 1 is 0.939 bits per heavy atom. The zero-order chi connectivity index (χ0) is 23.2. The lowest BCUT2D eigenvalue weighted by Gasteiger charge is -2.42. The van der Waals surface area contributed by atoms with Crippen LogP contribution in [0.4, 0.5) is 8.78 Å². The van der Waals surface area contributed by atoms with Crippen LogP contribution in [0.1, 0.15) is 96.0 Å². The molecule has 0 radical (unpaired) electrons. The van der Waals surface area contributed by atoms with Crippen LogP contribution in [0.2, 0.25) is 0 Å². The van der Waals surface area contributed by atoms with Gasteiger partial charge in [0.1, 0.15) is 6.61 Å². The van der Waals surface area contributed by atoms with Crippen molar-refractivity contribution in [1.82, 2.24) is 0 Å². The molecule has 2 aromatic rings. The first-order valence-electron chi connectivity index (χ1n) is 13.3. The summed E-state index contributed by atoms with van der Waals surface area (Å²) in [5, 5.41) is 1.08. The fourth-order valence-corrected chi connectivity index (χ4v) is 6.32. The average molecular weight is 455 g/mol. The third-order valence-corrected chi connectivity index (χ3v) is 8.24. The average Bonchev–Trinajstić information content (AvgIpc) is 2.84. The minimum atomic E-state index is -0.884. The molecule has 2 saturated carbocycles.